The fraction of sp³-hybridized carbons (Fsp3) is 0.394. The number of carbonyl (C=O) groups is 2. The molecule has 0 bridgehead atoms. The van der Waals surface area contributed by atoms with E-state index in [4.69, 9.17) is 16.2 Å². The van der Waals surface area contributed by atoms with Gasteiger partial charge in [0.2, 0.25) is 11.8 Å². The Bertz CT molecular complexity index is 1670. The number of rotatable bonds is 9. The zero-order valence-corrected chi connectivity index (χ0v) is 25.9. The molecule has 6 rings (SSSR count). The largest absolute Gasteiger partial charge is 0.378 e. The molecule has 4 aromatic rings. The molecule has 0 radical (unpaired) electrons. The Labute approximate surface area is 267 Å². The smallest absolute Gasteiger partial charge is 0.271 e. The second-order valence-corrected chi connectivity index (χ2v) is 11.8. The number of nitrogens with one attached hydrogen (secondary N) is 2. The van der Waals surface area contributed by atoms with Gasteiger partial charge in [-0.2, -0.15) is 0 Å². The first kappa shape index (κ1) is 32.2. The summed E-state index contributed by atoms with van der Waals surface area (Å²) in [6.07, 6.45) is 5.22. The summed E-state index contributed by atoms with van der Waals surface area (Å²) in [7, 11) is 0. The molecule has 2 amide bonds. The zero-order chi connectivity index (χ0) is 30.6. The van der Waals surface area contributed by atoms with E-state index in [-0.39, 0.29) is 36.2 Å². The van der Waals surface area contributed by atoms with E-state index in [9.17, 15) is 14.4 Å². The Balaban J connectivity index is 0.00000400. The molecule has 1 aliphatic heterocycles. The van der Waals surface area contributed by atoms with Gasteiger partial charge in [-0.25, -0.2) is 4.98 Å². The number of amides is 2. The average Bonchev–Trinajstić information content (AvgIpc) is 3.44. The van der Waals surface area contributed by atoms with Crippen LogP contribution in [0, 0.1) is 11.8 Å². The van der Waals surface area contributed by atoms with Gasteiger partial charge in [0.1, 0.15) is 11.9 Å². The third kappa shape index (κ3) is 7.06. The Morgan fingerprint density at radius 3 is 2.40 bits per heavy atom. The van der Waals surface area contributed by atoms with E-state index in [1.807, 2.05) is 36.5 Å². The average molecular weight is 634 g/mol. The highest BCUT2D eigenvalue weighted by atomic mass is 35.5. The number of morpholine rings is 1. The maximum atomic E-state index is 14.2. The molecule has 12 heteroatoms. The van der Waals surface area contributed by atoms with E-state index < -0.39 is 11.9 Å². The molecule has 2 aromatic heterocycles. The lowest BCUT2D eigenvalue weighted by atomic mass is 9.81. The second kappa shape index (κ2) is 14.3. The van der Waals surface area contributed by atoms with Crippen LogP contribution in [-0.4, -0.2) is 65.9 Å². The summed E-state index contributed by atoms with van der Waals surface area (Å²) in [4.78, 5) is 47.7. The summed E-state index contributed by atoms with van der Waals surface area (Å²) >= 11 is 0. The highest BCUT2D eigenvalue weighted by Gasteiger charge is 2.36. The lowest BCUT2D eigenvalue weighted by Crippen LogP contribution is -2.52. The minimum atomic E-state index is -0.919. The molecule has 2 aromatic carbocycles. The van der Waals surface area contributed by atoms with Crippen LogP contribution in [0.2, 0.25) is 0 Å². The van der Waals surface area contributed by atoms with Gasteiger partial charge in [-0.05, 0) is 85.2 Å². The SMILES string of the molecule is Cl.NC[C@H]1CC[C@H](C(=O)N(c2ccc3c(=O)[nH][nH]c3c2)[C@@H](Cc2ccc(-c3ccnc(N4CCOCC4)c3)cc2)C(N)=O)CC1. The fourth-order valence-corrected chi connectivity index (χ4v) is 6.42. The molecule has 2 aliphatic rings. The molecule has 11 nitrogen and oxygen atoms in total. The van der Waals surface area contributed by atoms with Gasteiger partial charge in [-0.15, -0.1) is 12.4 Å². The first-order valence-corrected chi connectivity index (χ1v) is 15.3. The molecule has 1 atom stereocenters. The van der Waals surface area contributed by atoms with E-state index in [2.05, 4.69) is 26.1 Å². The second-order valence-electron chi connectivity index (χ2n) is 11.8. The molecule has 0 unspecified atom stereocenters. The van der Waals surface area contributed by atoms with Gasteiger partial charge in [-0.3, -0.25) is 29.5 Å². The molecule has 1 saturated carbocycles. The third-order valence-corrected chi connectivity index (χ3v) is 9.04. The highest BCUT2D eigenvalue weighted by Crippen LogP contribution is 2.33. The molecule has 3 heterocycles. The third-order valence-electron chi connectivity index (χ3n) is 9.04. The number of nitrogens with two attached hydrogens (primary N) is 2. The van der Waals surface area contributed by atoms with Crippen molar-refractivity contribution in [3.8, 4) is 11.1 Å². The fourth-order valence-electron chi connectivity index (χ4n) is 6.42. The van der Waals surface area contributed by atoms with Gasteiger partial charge in [-0.1, -0.05) is 24.3 Å². The number of H-pyrrole nitrogens is 2. The normalized spacial score (nSPS) is 19.1. The number of benzene rings is 2. The summed E-state index contributed by atoms with van der Waals surface area (Å²) in [5.74, 6) is 0.356. The predicted octanol–water partition coefficient (Wildman–Crippen LogP) is 3.37. The number of primary amides is 1. The van der Waals surface area contributed by atoms with Crippen LogP contribution in [0.15, 0.2) is 65.6 Å². The lowest BCUT2D eigenvalue weighted by molar-refractivity contribution is -0.127. The Kier molecular flexibility index (Phi) is 10.2. The molecule has 1 saturated heterocycles. The molecule has 0 spiro atoms. The van der Waals surface area contributed by atoms with Crippen molar-refractivity contribution < 1.29 is 14.3 Å². The lowest BCUT2D eigenvalue weighted by Gasteiger charge is -2.35. The summed E-state index contributed by atoms with van der Waals surface area (Å²) in [6, 6.07) is 16.2. The molecule has 238 valence electrons. The van der Waals surface area contributed by atoms with Crippen LogP contribution in [0.25, 0.3) is 22.0 Å². The van der Waals surface area contributed by atoms with Crippen molar-refractivity contribution in [3.63, 3.8) is 0 Å². The standard InChI is InChI=1S/C33H39N7O4.ClH/c34-20-22-3-7-24(8-4-22)33(43)40(26-9-10-27-28(19-26)37-38-32(27)42)29(31(35)41)17-21-1-5-23(6-2-21)25-11-12-36-30(18-25)39-13-15-44-16-14-39;/h1-2,5-6,9-12,18-19,22,24,29H,3-4,7-8,13-17,20,34H2,(H2,35,41)(H2,37,38,42);1H/t22-,24-,29-;/m0./s1. The van der Waals surface area contributed by atoms with Crippen LogP contribution < -0.4 is 26.8 Å². The van der Waals surface area contributed by atoms with E-state index in [0.29, 0.717) is 55.1 Å². The first-order valence-electron chi connectivity index (χ1n) is 15.3. The first-order chi connectivity index (χ1) is 21.4. The summed E-state index contributed by atoms with van der Waals surface area (Å²) in [5, 5.41) is 5.92. The van der Waals surface area contributed by atoms with Crippen molar-refractivity contribution in [1.82, 2.24) is 15.2 Å². The van der Waals surface area contributed by atoms with E-state index in [0.717, 1.165) is 48.4 Å². The van der Waals surface area contributed by atoms with Crippen LogP contribution in [0.1, 0.15) is 31.2 Å². The van der Waals surface area contributed by atoms with Crippen LogP contribution in [-0.2, 0) is 20.7 Å². The Morgan fingerprint density at radius 2 is 1.71 bits per heavy atom. The Hall–Kier alpha value is -4.19. The summed E-state index contributed by atoms with van der Waals surface area (Å²) < 4.78 is 5.47. The predicted molar refractivity (Wildman–Crippen MR) is 178 cm³/mol. The maximum Gasteiger partial charge on any atom is 0.271 e. The number of pyridine rings is 1. The minimum absolute atomic E-state index is 0. The van der Waals surface area contributed by atoms with Crippen molar-refractivity contribution >= 4 is 46.6 Å². The number of aromatic amines is 2. The number of hydrogen-bond donors (Lipinski definition) is 4. The number of halogens is 1. The highest BCUT2D eigenvalue weighted by molar-refractivity contribution is 6.03. The van der Waals surface area contributed by atoms with Gasteiger partial charge < -0.3 is 21.1 Å². The summed E-state index contributed by atoms with van der Waals surface area (Å²) in [5.41, 5.74) is 15.7. The molecule has 1 aliphatic carbocycles. The zero-order valence-electron chi connectivity index (χ0n) is 25.1. The van der Waals surface area contributed by atoms with E-state index in [1.54, 1.807) is 23.1 Å². The molecular formula is C33H40ClN7O4. The van der Waals surface area contributed by atoms with Crippen molar-refractivity contribution in [2.45, 2.75) is 38.1 Å². The van der Waals surface area contributed by atoms with Gasteiger partial charge in [0.25, 0.3) is 5.56 Å². The number of anilines is 2. The number of ether oxygens (including phenoxy) is 1. The topological polar surface area (TPSA) is 163 Å². The summed E-state index contributed by atoms with van der Waals surface area (Å²) in [6.45, 7) is 3.59. The number of hydrogen-bond acceptors (Lipinski definition) is 7. The van der Waals surface area contributed by atoms with E-state index >= 15 is 0 Å². The number of nitrogens with zero attached hydrogens (tertiary/aromatic N) is 3. The Morgan fingerprint density at radius 1 is 0.978 bits per heavy atom. The van der Waals surface area contributed by atoms with Crippen molar-refractivity contribution in [1.29, 1.82) is 0 Å². The monoisotopic (exact) mass is 633 g/mol. The molecule has 6 N–H and O–H groups in total. The number of aromatic nitrogens is 3. The van der Waals surface area contributed by atoms with Gasteiger partial charge >= 0.3 is 0 Å². The van der Waals surface area contributed by atoms with Crippen molar-refractivity contribution in [3.05, 3.63) is 76.7 Å². The van der Waals surface area contributed by atoms with Crippen LogP contribution in [0.5, 0.6) is 0 Å². The van der Waals surface area contributed by atoms with Gasteiger partial charge in [0.05, 0.1) is 24.1 Å². The van der Waals surface area contributed by atoms with Crippen molar-refractivity contribution in [2.24, 2.45) is 23.3 Å². The van der Waals surface area contributed by atoms with E-state index in [1.165, 1.54) is 0 Å². The van der Waals surface area contributed by atoms with Crippen molar-refractivity contribution in [2.75, 3.05) is 42.6 Å². The van der Waals surface area contributed by atoms with Gasteiger partial charge in [0.15, 0.2) is 0 Å². The molecule has 2 fully saturated rings. The quantitative estimate of drug-likeness (QED) is 0.219. The molecular weight excluding hydrogens is 594 g/mol. The number of fused-ring (bicyclic) bond motifs is 1. The molecule has 45 heavy (non-hydrogen) atoms. The van der Waals surface area contributed by atoms with Crippen LogP contribution >= 0.6 is 12.4 Å². The minimum Gasteiger partial charge on any atom is -0.378 e. The maximum absolute atomic E-state index is 14.2. The number of carbonyl (C=O) groups excluding carboxylic acids is 2. The van der Waals surface area contributed by atoms with Crippen LogP contribution in [0.4, 0.5) is 11.5 Å². The van der Waals surface area contributed by atoms with Gasteiger partial charge in [0, 0.05) is 37.3 Å². The van der Waals surface area contributed by atoms with Crippen LogP contribution in [0.3, 0.4) is 0 Å².